The highest BCUT2D eigenvalue weighted by atomic mass is 35.5. The lowest BCUT2D eigenvalue weighted by Gasteiger charge is -2.21. The van der Waals surface area contributed by atoms with Crippen LogP contribution in [-0.2, 0) is 4.79 Å². The van der Waals surface area contributed by atoms with E-state index in [0.717, 1.165) is 0 Å². The van der Waals surface area contributed by atoms with Crippen LogP contribution < -0.4 is 10.2 Å². The van der Waals surface area contributed by atoms with Gasteiger partial charge in [-0.1, -0.05) is 25.4 Å². The number of carbonyl (C=O) groups is 2. The van der Waals surface area contributed by atoms with Crippen LogP contribution in [0.4, 0.5) is 5.69 Å². The van der Waals surface area contributed by atoms with Crippen LogP contribution in [-0.4, -0.2) is 33.8 Å². The Labute approximate surface area is 186 Å². The van der Waals surface area contributed by atoms with Crippen molar-refractivity contribution >= 4 is 29.1 Å². The lowest BCUT2D eigenvalue weighted by atomic mass is 10.0. The summed E-state index contributed by atoms with van der Waals surface area (Å²) < 4.78 is 0. The average molecular weight is 438 g/mol. The monoisotopic (exact) mass is 437 g/mol. The van der Waals surface area contributed by atoms with Crippen molar-refractivity contribution in [2.24, 2.45) is 5.92 Å². The predicted octanol–water partition coefficient (Wildman–Crippen LogP) is 4.30. The summed E-state index contributed by atoms with van der Waals surface area (Å²) in [7, 11) is 1.70. The van der Waals surface area contributed by atoms with Crippen LogP contribution >= 0.6 is 11.6 Å². The summed E-state index contributed by atoms with van der Waals surface area (Å²) in [5, 5.41) is 3.45. The van der Waals surface area contributed by atoms with Crippen LogP contribution in [0.1, 0.15) is 42.9 Å². The van der Waals surface area contributed by atoms with Crippen LogP contribution in [0.5, 0.6) is 0 Å². The minimum Gasteiger partial charge on any atom is -0.344 e. The van der Waals surface area contributed by atoms with Gasteiger partial charge in [-0.2, -0.15) is 0 Å². The van der Waals surface area contributed by atoms with Crippen molar-refractivity contribution in [1.29, 1.82) is 0 Å². The fraction of sp³-hybridized carbons (Fsp3) is 0.261. The van der Waals surface area contributed by atoms with E-state index in [1.54, 1.807) is 61.0 Å². The molecule has 2 heterocycles. The van der Waals surface area contributed by atoms with Crippen molar-refractivity contribution in [2.45, 2.75) is 26.8 Å². The van der Waals surface area contributed by atoms with E-state index in [0.29, 0.717) is 33.2 Å². The standard InChI is InChI=1S/C23H24ClN5O2/c1-14(2)23(31)29(4)19-10-16(20-6-5-18(24)12-27-20)9-17(11-19)22(30)28-15(3)21-13-25-7-8-26-21/h5-15H,1-4H3,(H,28,30). The lowest BCUT2D eigenvalue weighted by molar-refractivity contribution is -0.121. The second kappa shape index (κ2) is 9.66. The predicted molar refractivity (Wildman–Crippen MR) is 121 cm³/mol. The Morgan fingerprint density at radius 1 is 1.03 bits per heavy atom. The van der Waals surface area contributed by atoms with Gasteiger partial charge >= 0.3 is 0 Å². The van der Waals surface area contributed by atoms with E-state index in [1.165, 1.54) is 0 Å². The van der Waals surface area contributed by atoms with E-state index in [-0.39, 0.29) is 23.8 Å². The molecule has 8 heteroatoms. The van der Waals surface area contributed by atoms with Crippen LogP contribution in [0.2, 0.25) is 5.02 Å². The van der Waals surface area contributed by atoms with E-state index in [9.17, 15) is 9.59 Å². The third-order valence-corrected chi connectivity index (χ3v) is 5.01. The molecular formula is C23H24ClN5O2. The first-order valence-electron chi connectivity index (χ1n) is 9.87. The molecule has 0 fully saturated rings. The molecule has 3 rings (SSSR count). The SMILES string of the molecule is CC(C)C(=O)N(C)c1cc(C(=O)NC(C)c2cnccn2)cc(-c2ccc(Cl)cn2)c1. The van der Waals surface area contributed by atoms with Gasteiger partial charge < -0.3 is 10.2 Å². The van der Waals surface area contributed by atoms with Crippen LogP contribution in [0.3, 0.4) is 0 Å². The molecule has 7 nitrogen and oxygen atoms in total. The smallest absolute Gasteiger partial charge is 0.251 e. The third kappa shape index (κ3) is 5.44. The normalized spacial score (nSPS) is 11.8. The van der Waals surface area contributed by atoms with Gasteiger partial charge in [0.25, 0.3) is 5.91 Å². The zero-order valence-electron chi connectivity index (χ0n) is 17.8. The molecule has 1 N–H and O–H groups in total. The Morgan fingerprint density at radius 3 is 2.42 bits per heavy atom. The van der Waals surface area contributed by atoms with Gasteiger partial charge in [0, 0.05) is 48.4 Å². The minimum absolute atomic E-state index is 0.0551. The minimum atomic E-state index is -0.336. The average Bonchev–Trinajstić information content (AvgIpc) is 2.78. The van der Waals surface area contributed by atoms with Crippen molar-refractivity contribution in [3.8, 4) is 11.3 Å². The topological polar surface area (TPSA) is 88.1 Å². The molecule has 3 aromatic rings. The molecule has 31 heavy (non-hydrogen) atoms. The van der Waals surface area contributed by atoms with Gasteiger partial charge in [-0.15, -0.1) is 0 Å². The largest absolute Gasteiger partial charge is 0.344 e. The molecule has 0 aliphatic heterocycles. The fourth-order valence-corrected chi connectivity index (χ4v) is 3.14. The number of nitrogens with zero attached hydrogens (tertiary/aromatic N) is 4. The fourth-order valence-electron chi connectivity index (χ4n) is 3.03. The second-order valence-corrected chi connectivity index (χ2v) is 7.94. The zero-order chi connectivity index (χ0) is 22.5. The van der Waals surface area contributed by atoms with E-state index < -0.39 is 0 Å². The molecule has 1 unspecified atom stereocenters. The number of pyridine rings is 1. The Bertz CT molecular complexity index is 1070. The van der Waals surface area contributed by atoms with Gasteiger partial charge in [0.1, 0.15) is 0 Å². The van der Waals surface area contributed by atoms with Crippen molar-refractivity contribution in [2.75, 3.05) is 11.9 Å². The first-order chi connectivity index (χ1) is 14.8. The number of anilines is 1. The summed E-state index contributed by atoms with van der Waals surface area (Å²) in [6.45, 7) is 5.50. The molecule has 0 bridgehead atoms. The molecule has 1 atom stereocenters. The molecule has 0 aliphatic carbocycles. The molecule has 160 valence electrons. The van der Waals surface area contributed by atoms with Crippen LogP contribution in [0.25, 0.3) is 11.3 Å². The van der Waals surface area contributed by atoms with Crippen molar-refractivity contribution in [3.05, 3.63) is 71.4 Å². The summed E-state index contributed by atoms with van der Waals surface area (Å²) in [6.07, 6.45) is 6.31. The quantitative estimate of drug-likeness (QED) is 0.621. The summed E-state index contributed by atoms with van der Waals surface area (Å²) in [5.41, 5.74) is 3.01. The first-order valence-corrected chi connectivity index (χ1v) is 10.3. The van der Waals surface area contributed by atoms with Crippen LogP contribution in [0.15, 0.2) is 55.1 Å². The van der Waals surface area contributed by atoms with E-state index in [2.05, 4.69) is 20.3 Å². The lowest BCUT2D eigenvalue weighted by Crippen LogP contribution is -2.31. The Morgan fingerprint density at radius 2 is 1.81 bits per heavy atom. The summed E-state index contributed by atoms with van der Waals surface area (Å²) in [5.74, 6) is -0.530. The van der Waals surface area contributed by atoms with Gasteiger partial charge in [0.15, 0.2) is 0 Å². The van der Waals surface area contributed by atoms with E-state index in [4.69, 9.17) is 11.6 Å². The number of carbonyl (C=O) groups excluding carboxylic acids is 2. The van der Waals surface area contributed by atoms with E-state index in [1.807, 2.05) is 26.8 Å². The highest BCUT2D eigenvalue weighted by molar-refractivity contribution is 6.30. The highest BCUT2D eigenvalue weighted by Gasteiger charge is 2.19. The maximum absolute atomic E-state index is 13.0. The Kier molecular flexibility index (Phi) is 6.97. The molecular weight excluding hydrogens is 414 g/mol. The number of benzene rings is 1. The molecule has 0 aliphatic rings. The molecule has 2 amide bonds. The molecule has 0 spiro atoms. The summed E-state index contributed by atoms with van der Waals surface area (Å²) in [4.78, 5) is 39.8. The second-order valence-electron chi connectivity index (χ2n) is 7.51. The van der Waals surface area contributed by atoms with Crippen molar-refractivity contribution in [1.82, 2.24) is 20.3 Å². The Balaban J connectivity index is 1.98. The Hall–Kier alpha value is -3.32. The number of aromatic nitrogens is 3. The summed E-state index contributed by atoms with van der Waals surface area (Å²) in [6, 6.07) is 8.44. The van der Waals surface area contributed by atoms with Gasteiger partial charge in [-0.3, -0.25) is 24.5 Å². The third-order valence-electron chi connectivity index (χ3n) is 4.79. The number of hydrogen-bond acceptors (Lipinski definition) is 5. The molecule has 1 aromatic carbocycles. The maximum Gasteiger partial charge on any atom is 0.251 e. The number of amides is 2. The maximum atomic E-state index is 13.0. The van der Waals surface area contributed by atoms with Gasteiger partial charge in [0.2, 0.25) is 5.91 Å². The number of rotatable bonds is 6. The summed E-state index contributed by atoms with van der Waals surface area (Å²) >= 11 is 5.96. The highest BCUT2D eigenvalue weighted by Crippen LogP contribution is 2.27. The number of nitrogens with one attached hydrogen (secondary N) is 1. The molecule has 0 saturated heterocycles. The number of halogens is 1. The molecule has 2 aromatic heterocycles. The zero-order valence-corrected chi connectivity index (χ0v) is 18.6. The molecule has 0 saturated carbocycles. The van der Waals surface area contributed by atoms with Crippen LogP contribution in [0, 0.1) is 5.92 Å². The van der Waals surface area contributed by atoms with Crippen molar-refractivity contribution < 1.29 is 9.59 Å². The van der Waals surface area contributed by atoms with Gasteiger partial charge in [-0.05, 0) is 37.3 Å². The van der Waals surface area contributed by atoms with Gasteiger partial charge in [-0.25, -0.2) is 0 Å². The molecule has 0 radical (unpaired) electrons. The number of hydrogen-bond donors (Lipinski definition) is 1. The van der Waals surface area contributed by atoms with Gasteiger partial charge in [0.05, 0.1) is 28.6 Å². The first kappa shape index (κ1) is 22.4. The van der Waals surface area contributed by atoms with Crippen molar-refractivity contribution in [3.63, 3.8) is 0 Å². The van der Waals surface area contributed by atoms with E-state index >= 15 is 0 Å².